The molecule has 0 radical (unpaired) electrons. The molecule has 0 unspecified atom stereocenters. The Labute approximate surface area is 209 Å². The lowest BCUT2D eigenvalue weighted by Gasteiger charge is -2.49. The van der Waals surface area contributed by atoms with E-state index in [1.807, 2.05) is 18.2 Å². The predicted octanol–water partition coefficient (Wildman–Crippen LogP) is 6.88. The first-order valence-electron chi connectivity index (χ1n) is 13.0. The van der Waals surface area contributed by atoms with Crippen molar-refractivity contribution in [1.82, 2.24) is 0 Å². The van der Waals surface area contributed by atoms with Crippen molar-refractivity contribution in [1.29, 1.82) is 0 Å². The molecule has 1 aromatic carbocycles. The molecule has 3 aliphatic heterocycles. The van der Waals surface area contributed by atoms with E-state index in [9.17, 15) is 9.90 Å². The van der Waals surface area contributed by atoms with Gasteiger partial charge in [0.1, 0.15) is 11.9 Å². The number of rotatable bonds is 0. The van der Waals surface area contributed by atoms with Crippen molar-refractivity contribution >= 4 is 12.0 Å². The van der Waals surface area contributed by atoms with Crippen molar-refractivity contribution in [3.05, 3.63) is 58.7 Å². The summed E-state index contributed by atoms with van der Waals surface area (Å²) >= 11 is 0. The molecule has 6 atom stereocenters. The average molecular weight is 481 g/mol. The third kappa shape index (κ3) is 6.25. The van der Waals surface area contributed by atoms with Crippen molar-refractivity contribution in [3.8, 4) is 5.75 Å². The minimum absolute atomic E-state index is 0.0724. The van der Waals surface area contributed by atoms with E-state index in [4.69, 9.17) is 14.2 Å². The molecule has 3 heterocycles. The van der Waals surface area contributed by atoms with Crippen molar-refractivity contribution in [2.75, 3.05) is 0 Å². The molecule has 2 saturated heterocycles. The third-order valence-corrected chi connectivity index (χ3v) is 7.69. The SMILES string of the molecule is C/C1=C\C[C@@H]2C[C@@H](C[C@]3(CC[C@H](C)[C@@H](C)O3)O2)OC(=O)c2cc(C)c(O)cc2/C=C/C=C/[C@H](C)C1. The standard InChI is InChI=1S/C30H40O5/c1-19-8-6-7-9-24-16-28(31)22(4)15-27(24)29(32)33-26-17-25(11-10-20(2)14-19)35-30(18-26)13-12-21(3)23(5)34-30/h6-10,15-16,19,21,23,25-26,31H,11-14,17-18H2,1-5H3/b8-6+,9-7+,20-10+/t19-,21-,23+,25+,26-,30-/m0/s1. The van der Waals surface area contributed by atoms with Crippen LogP contribution >= 0.6 is 0 Å². The number of ether oxygens (including phenoxy) is 3. The van der Waals surface area contributed by atoms with Crippen LogP contribution < -0.4 is 0 Å². The zero-order valence-corrected chi connectivity index (χ0v) is 21.8. The minimum Gasteiger partial charge on any atom is -0.508 e. The van der Waals surface area contributed by atoms with Gasteiger partial charge in [-0.1, -0.05) is 49.8 Å². The number of allylic oxidation sites excluding steroid dienone is 4. The lowest BCUT2D eigenvalue weighted by molar-refractivity contribution is -0.331. The molecule has 4 rings (SSSR count). The molecule has 190 valence electrons. The monoisotopic (exact) mass is 480 g/mol. The number of hydrogen-bond donors (Lipinski definition) is 1. The Morgan fingerprint density at radius 3 is 2.63 bits per heavy atom. The lowest BCUT2D eigenvalue weighted by Crippen LogP contribution is -2.53. The van der Waals surface area contributed by atoms with Gasteiger partial charge in [-0.15, -0.1) is 0 Å². The van der Waals surface area contributed by atoms with Gasteiger partial charge >= 0.3 is 5.97 Å². The van der Waals surface area contributed by atoms with E-state index in [-0.39, 0.29) is 30.0 Å². The maximum atomic E-state index is 13.4. The summed E-state index contributed by atoms with van der Waals surface area (Å²) in [6.45, 7) is 10.5. The second-order valence-corrected chi connectivity index (χ2v) is 10.9. The summed E-state index contributed by atoms with van der Waals surface area (Å²) < 4.78 is 19.2. The van der Waals surface area contributed by atoms with E-state index in [1.54, 1.807) is 19.1 Å². The van der Waals surface area contributed by atoms with E-state index in [1.165, 1.54) is 5.57 Å². The van der Waals surface area contributed by atoms with Gasteiger partial charge in [0, 0.05) is 19.3 Å². The molecule has 1 aromatic rings. The Morgan fingerprint density at radius 2 is 1.86 bits per heavy atom. The maximum absolute atomic E-state index is 13.4. The molecule has 5 nitrogen and oxygen atoms in total. The Hall–Kier alpha value is -2.37. The summed E-state index contributed by atoms with van der Waals surface area (Å²) in [6, 6.07) is 3.35. The van der Waals surface area contributed by atoms with E-state index in [0.29, 0.717) is 41.4 Å². The van der Waals surface area contributed by atoms with Crippen LogP contribution in [0.2, 0.25) is 0 Å². The van der Waals surface area contributed by atoms with Crippen LogP contribution in [0, 0.1) is 18.8 Å². The van der Waals surface area contributed by atoms with E-state index in [2.05, 4.69) is 39.8 Å². The Balaban J connectivity index is 1.69. The van der Waals surface area contributed by atoms with Gasteiger partial charge in [0.05, 0.1) is 17.8 Å². The summed E-state index contributed by atoms with van der Waals surface area (Å²) in [5.74, 6) is -0.0620. The van der Waals surface area contributed by atoms with Crippen LogP contribution in [0.4, 0.5) is 0 Å². The van der Waals surface area contributed by atoms with Gasteiger partial charge in [0.25, 0.3) is 0 Å². The number of esters is 1. The molecule has 0 saturated carbocycles. The number of fused-ring (bicyclic) bond motifs is 3. The normalized spacial score (nSPS) is 37.6. The van der Waals surface area contributed by atoms with E-state index in [0.717, 1.165) is 25.7 Å². The van der Waals surface area contributed by atoms with E-state index < -0.39 is 5.79 Å². The molecular weight excluding hydrogens is 440 g/mol. The van der Waals surface area contributed by atoms with Crippen molar-refractivity contribution in [2.24, 2.45) is 11.8 Å². The van der Waals surface area contributed by atoms with Crippen molar-refractivity contribution in [2.45, 2.75) is 97.2 Å². The number of aromatic hydroxyl groups is 1. The smallest absolute Gasteiger partial charge is 0.339 e. The number of phenolic OH excluding ortho intramolecular Hbond substituents is 1. The summed E-state index contributed by atoms with van der Waals surface area (Å²) in [7, 11) is 0. The minimum atomic E-state index is -0.712. The number of carbonyl (C=O) groups excluding carboxylic acids is 1. The van der Waals surface area contributed by atoms with Gasteiger partial charge in [-0.3, -0.25) is 0 Å². The van der Waals surface area contributed by atoms with Crippen LogP contribution in [0.3, 0.4) is 0 Å². The molecule has 0 aliphatic carbocycles. The van der Waals surface area contributed by atoms with Crippen LogP contribution in [0.15, 0.2) is 42.0 Å². The van der Waals surface area contributed by atoms with Crippen molar-refractivity contribution in [3.63, 3.8) is 0 Å². The highest BCUT2D eigenvalue weighted by molar-refractivity contribution is 5.94. The number of benzene rings is 1. The van der Waals surface area contributed by atoms with Gasteiger partial charge < -0.3 is 19.3 Å². The Kier molecular flexibility index (Phi) is 7.87. The van der Waals surface area contributed by atoms with Gasteiger partial charge in [-0.25, -0.2) is 4.79 Å². The average Bonchev–Trinajstić information content (AvgIpc) is 2.79. The van der Waals surface area contributed by atoms with Gasteiger partial charge in [0.2, 0.25) is 0 Å². The molecule has 2 bridgehead atoms. The van der Waals surface area contributed by atoms with Crippen LogP contribution in [0.1, 0.15) is 87.7 Å². The van der Waals surface area contributed by atoms with Crippen LogP contribution in [0.5, 0.6) is 5.75 Å². The number of carbonyl (C=O) groups is 1. The molecular formula is C30H40O5. The summed E-state index contributed by atoms with van der Waals surface area (Å²) in [5.41, 5.74) is 3.08. The number of hydrogen-bond acceptors (Lipinski definition) is 5. The molecule has 0 aromatic heterocycles. The van der Waals surface area contributed by atoms with Crippen LogP contribution in [0.25, 0.3) is 6.08 Å². The first kappa shape index (κ1) is 25.7. The third-order valence-electron chi connectivity index (χ3n) is 7.69. The van der Waals surface area contributed by atoms with Crippen molar-refractivity contribution < 1.29 is 24.1 Å². The summed E-state index contributed by atoms with van der Waals surface area (Å²) in [4.78, 5) is 13.4. The Bertz CT molecular complexity index is 1020. The van der Waals surface area contributed by atoms with Crippen LogP contribution in [-0.2, 0) is 14.2 Å². The second kappa shape index (κ2) is 10.7. The predicted molar refractivity (Wildman–Crippen MR) is 138 cm³/mol. The topological polar surface area (TPSA) is 65.0 Å². The fourth-order valence-electron chi connectivity index (χ4n) is 5.44. The largest absolute Gasteiger partial charge is 0.508 e. The summed E-state index contributed by atoms with van der Waals surface area (Å²) in [6.07, 6.45) is 14.7. The zero-order chi connectivity index (χ0) is 25.2. The second-order valence-electron chi connectivity index (χ2n) is 10.9. The highest BCUT2D eigenvalue weighted by Gasteiger charge is 2.47. The fourth-order valence-corrected chi connectivity index (χ4v) is 5.44. The highest BCUT2D eigenvalue weighted by Crippen LogP contribution is 2.43. The molecule has 1 N–H and O–H groups in total. The van der Waals surface area contributed by atoms with Gasteiger partial charge in [-0.05, 0) is 75.1 Å². The maximum Gasteiger partial charge on any atom is 0.339 e. The molecule has 1 spiro atoms. The lowest BCUT2D eigenvalue weighted by atomic mass is 9.86. The molecule has 0 amide bonds. The molecule has 5 heteroatoms. The summed E-state index contributed by atoms with van der Waals surface area (Å²) in [5, 5.41) is 10.3. The Morgan fingerprint density at radius 1 is 1.06 bits per heavy atom. The molecule has 2 fully saturated rings. The molecule has 3 aliphatic rings. The van der Waals surface area contributed by atoms with Gasteiger partial charge in [-0.2, -0.15) is 0 Å². The fraction of sp³-hybridized carbons (Fsp3) is 0.567. The number of phenols is 1. The zero-order valence-electron chi connectivity index (χ0n) is 21.8. The van der Waals surface area contributed by atoms with Crippen LogP contribution in [-0.4, -0.2) is 35.2 Å². The first-order valence-corrected chi connectivity index (χ1v) is 13.0. The quantitative estimate of drug-likeness (QED) is 0.324. The van der Waals surface area contributed by atoms with E-state index >= 15 is 0 Å². The van der Waals surface area contributed by atoms with Gasteiger partial charge in [0.15, 0.2) is 5.79 Å². The number of aryl methyl sites for hydroxylation is 1. The molecule has 35 heavy (non-hydrogen) atoms. The highest BCUT2D eigenvalue weighted by atomic mass is 16.7. The first-order chi connectivity index (χ1) is 16.6.